The number of nitro benzene ring substituents is 1. The molecule has 2 aromatic rings. The van der Waals surface area contributed by atoms with Crippen molar-refractivity contribution >= 4 is 34.9 Å². The molecule has 0 bridgehead atoms. The number of carbonyl (C=O) groups is 2. The molecule has 2 rings (SSSR count). The van der Waals surface area contributed by atoms with Crippen LogP contribution >= 0.6 is 11.6 Å². The summed E-state index contributed by atoms with van der Waals surface area (Å²) in [6, 6.07) is 6.83. The number of nitrogens with one attached hydrogen (secondary N) is 1. The van der Waals surface area contributed by atoms with Crippen LogP contribution in [0.5, 0.6) is 0 Å². The van der Waals surface area contributed by atoms with Gasteiger partial charge in [0.1, 0.15) is 5.69 Å². The lowest BCUT2D eigenvalue weighted by molar-refractivity contribution is -0.384. The van der Waals surface area contributed by atoms with Gasteiger partial charge in [-0.3, -0.25) is 14.9 Å². The van der Waals surface area contributed by atoms with Gasteiger partial charge in [0.2, 0.25) is 0 Å². The van der Waals surface area contributed by atoms with Crippen molar-refractivity contribution in [3.63, 3.8) is 0 Å². The average molecular weight is 350 g/mol. The highest BCUT2D eigenvalue weighted by Gasteiger charge is 2.14. The normalized spacial score (nSPS) is 10.1. The number of amides is 1. The maximum atomic E-state index is 11.8. The van der Waals surface area contributed by atoms with Crippen LogP contribution in [0.2, 0.25) is 5.02 Å². The predicted molar refractivity (Wildman–Crippen MR) is 86.0 cm³/mol. The molecule has 0 atom stereocenters. The second-order valence-electron chi connectivity index (χ2n) is 4.74. The van der Waals surface area contributed by atoms with E-state index in [4.69, 9.17) is 16.3 Å². The van der Waals surface area contributed by atoms with Crippen molar-refractivity contribution in [2.45, 2.75) is 6.92 Å². The summed E-state index contributed by atoms with van der Waals surface area (Å²) in [5.74, 6) is -1.37. The molecule has 0 saturated carbocycles. The summed E-state index contributed by atoms with van der Waals surface area (Å²) in [6.07, 6.45) is 1.35. The number of hydrogen-bond acceptors (Lipinski definition) is 6. The van der Waals surface area contributed by atoms with Gasteiger partial charge in [-0.25, -0.2) is 9.78 Å². The Morgan fingerprint density at radius 3 is 2.71 bits per heavy atom. The number of nitrogens with zero attached hydrogens (tertiary/aromatic N) is 2. The lowest BCUT2D eigenvalue weighted by Crippen LogP contribution is -2.21. The smallest absolute Gasteiger partial charge is 0.357 e. The van der Waals surface area contributed by atoms with E-state index in [9.17, 15) is 19.7 Å². The number of aromatic nitrogens is 1. The molecule has 1 aromatic carbocycles. The van der Waals surface area contributed by atoms with Crippen LogP contribution in [-0.4, -0.2) is 28.4 Å². The summed E-state index contributed by atoms with van der Waals surface area (Å²) in [7, 11) is 0. The molecular formula is C15H12ClN3O5. The quantitative estimate of drug-likeness (QED) is 0.504. The Kier molecular flexibility index (Phi) is 5.43. The molecule has 0 fully saturated rings. The third-order valence-electron chi connectivity index (χ3n) is 2.96. The van der Waals surface area contributed by atoms with Gasteiger partial charge in [0.05, 0.1) is 4.92 Å². The molecule has 1 aromatic heterocycles. The summed E-state index contributed by atoms with van der Waals surface area (Å²) in [5.41, 5.74) is 0.814. The number of nitro groups is 1. The zero-order chi connectivity index (χ0) is 17.7. The van der Waals surface area contributed by atoms with Crippen LogP contribution in [0, 0.1) is 17.0 Å². The third-order valence-corrected chi connectivity index (χ3v) is 3.20. The van der Waals surface area contributed by atoms with E-state index in [1.165, 1.54) is 36.5 Å². The van der Waals surface area contributed by atoms with E-state index in [0.717, 1.165) is 0 Å². The number of carbonyl (C=O) groups excluding carboxylic acids is 2. The Bertz CT molecular complexity index is 809. The van der Waals surface area contributed by atoms with Gasteiger partial charge < -0.3 is 10.1 Å². The molecule has 124 valence electrons. The lowest BCUT2D eigenvalue weighted by Gasteiger charge is -2.08. The standard InChI is InChI=1S/C15H12ClN3O5/c1-9-6-11(19(22)23)2-3-12(9)18-14(20)8-24-15(21)13-7-10(16)4-5-17-13/h2-7H,8H2,1H3,(H,18,20). The molecule has 1 heterocycles. The molecule has 0 radical (unpaired) electrons. The Morgan fingerprint density at radius 1 is 1.33 bits per heavy atom. The molecule has 0 aliphatic heterocycles. The zero-order valence-electron chi connectivity index (χ0n) is 12.5. The van der Waals surface area contributed by atoms with Crippen molar-refractivity contribution in [2.24, 2.45) is 0 Å². The fourth-order valence-corrected chi connectivity index (χ4v) is 1.97. The highest BCUT2D eigenvalue weighted by Crippen LogP contribution is 2.21. The minimum absolute atomic E-state index is 0.0122. The zero-order valence-corrected chi connectivity index (χ0v) is 13.2. The summed E-state index contributed by atoms with van der Waals surface area (Å²) in [5, 5.41) is 13.5. The molecule has 9 heteroatoms. The van der Waals surface area contributed by atoms with E-state index in [1.807, 2.05) is 0 Å². The molecule has 0 spiro atoms. The topological polar surface area (TPSA) is 111 Å². The van der Waals surface area contributed by atoms with Crippen molar-refractivity contribution in [2.75, 3.05) is 11.9 Å². The Hall–Kier alpha value is -3.00. The molecule has 0 aliphatic rings. The van der Waals surface area contributed by atoms with Crippen LogP contribution in [0.3, 0.4) is 0 Å². The number of halogens is 1. The Labute approximate surface area is 141 Å². The number of rotatable bonds is 5. The first-order valence-corrected chi connectivity index (χ1v) is 7.08. The van der Waals surface area contributed by atoms with Gasteiger partial charge in [-0.2, -0.15) is 0 Å². The van der Waals surface area contributed by atoms with Crippen LogP contribution in [-0.2, 0) is 9.53 Å². The largest absolute Gasteiger partial charge is 0.451 e. The summed E-state index contributed by atoms with van der Waals surface area (Å²) in [4.78, 5) is 37.5. The van der Waals surface area contributed by atoms with Crippen LogP contribution in [0.4, 0.5) is 11.4 Å². The molecule has 0 unspecified atom stereocenters. The second-order valence-corrected chi connectivity index (χ2v) is 5.18. The highest BCUT2D eigenvalue weighted by atomic mass is 35.5. The number of non-ortho nitro benzene ring substituents is 1. The van der Waals surface area contributed by atoms with E-state index < -0.39 is 23.4 Å². The minimum Gasteiger partial charge on any atom is -0.451 e. The maximum Gasteiger partial charge on any atom is 0.357 e. The van der Waals surface area contributed by atoms with Crippen molar-refractivity contribution in [3.8, 4) is 0 Å². The highest BCUT2D eigenvalue weighted by molar-refractivity contribution is 6.30. The molecular weight excluding hydrogens is 338 g/mol. The molecule has 1 N–H and O–H groups in total. The number of esters is 1. The first-order valence-electron chi connectivity index (χ1n) is 6.70. The number of benzene rings is 1. The first-order chi connectivity index (χ1) is 11.4. The number of hydrogen-bond donors (Lipinski definition) is 1. The fourth-order valence-electron chi connectivity index (χ4n) is 1.81. The van der Waals surface area contributed by atoms with Gasteiger partial charge >= 0.3 is 5.97 Å². The number of anilines is 1. The maximum absolute atomic E-state index is 11.8. The van der Waals surface area contributed by atoms with Crippen molar-refractivity contribution in [3.05, 3.63) is 62.9 Å². The van der Waals surface area contributed by atoms with Crippen LogP contribution < -0.4 is 5.32 Å². The summed E-state index contributed by atoms with van der Waals surface area (Å²) in [6.45, 7) is 1.09. The van der Waals surface area contributed by atoms with Crippen LogP contribution in [0.1, 0.15) is 16.1 Å². The molecule has 24 heavy (non-hydrogen) atoms. The lowest BCUT2D eigenvalue weighted by atomic mass is 10.2. The summed E-state index contributed by atoms with van der Waals surface area (Å²) >= 11 is 5.74. The molecule has 0 saturated heterocycles. The van der Waals surface area contributed by atoms with Crippen LogP contribution in [0.25, 0.3) is 0 Å². The van der Waals surface area contributed by atoms with Crippen LogP contribution in [0.15, 0.2) is 36.5 Å². The van der Waals surface area contributed by atoms with E-state index in [-0.39, 0.29) is 11.4 Å². The number of ether oxygens (including phenoxy) is 1. The van der Waals surface area contributed by atoms with Crippen molar-refractivity contribution in [1.29, 1.82) is 0 Å². The van der Waals surface area contributed by atoms with E-state index in [1.54, 1.807) is 6.92 Å². The third kappa shape index (κ3) is 4.50. The van der Waals surface area contributed by atoms with Gasteiger partial charge in [-0.15, -0.1) is 0 Å². The van der Waals surface area contributed by atoms with Crippen molar-refractivity contribution in [1.82, 2.24) is 4.98 Å². The number of aryl methyl sites for hydroxylation is 1. The van der Waals surface area contributed by atoms with Gasteiger partial charge in [-0.05, 0) is 30.7 Å². The Balaban J connectivity index is 1.94. The second kappa shape index (κ2) is 7.51. The molecule has 0 aliphatic carbocycles. The monoisotopic (exact) mass is 349 g/mol. The van der Waals surface area contributed by atoms with Crippen molar-refractivity contribution < 1.29 is 19.2 Å². The molecule has 8 nitrogen and oxygen atoms in total. The van der Waals surface area contributed by atoms with Gasteiger partial charge in [-0.1, -0.05) is 11.6 Å². The Morgan fingerprint density at radius 2 is 2.08 bits per heavy atom. The van der Waals surface area contributed by atoms with E-state index >= 15 is 0 Å². The first kappa shape index (κ1) is 17.4. The van der Waals surface area contributed by atoms with E-state index in [2.05, 4.69) is 10.3 Å². The summed E-state index contributed by atoms with van der Waals surface area (Å²) < 4.78 is 4.84. The van der Waals surface area contributed by atoms with E-state index in [0.29, 0.717) is 16.3 Å². The predicted octanol–water partition coefficient (Wildman–Crippen LogP) is 2.75. The SMILES string of the molecule is Cc1cc([N+](=O)[O-])ccc1NC(=O)COC(=O)c1cc(Cl)ccn1. The average Bonchev–Trinajstić information content (AvgIpc) is 2.54. The van der Waals surface area contributed by atoms with Gasteiger partial charge in [0.15, 0.2) is 6.61 Å². The fraction of sp³-hybridized carbons (Fsp3) is 0.133. The van der Waals surface area contributed by atoms with Gasteiger partial charge in [0.25, 0.3) is 11.6 Å². The van der Waals surface area contributed by atoms with Gasteiger partial charge in [0, 0.05) is 29.0 Å². The minimum atomic E-state index is -0.784. The number of pyridine rings is 1. The molecule has 1 amide bonds.